The van der Waals surface area contributed by atoms with Gasteiger partial charge in [-0.25, -0.2) is 4.98 Å². The predicted molar refractivity (Wildman–Crippen MR) is 278 cm³/mol. The van der Waals surface area contributed by atoms with Crippen molar-refractivity contribution >= 4 is 83.6 Å². The van der Waals surface area contributed by atoms with E-state index in [0.717, 1.165) is 96.6 Å². The Balaban J connectivity index is 0.000000229. The van der Waals surface area contributed by atoms with E-state index in [2.05, 4.69) is 101 Å². The molecule has 0 unspecified atom stereocenters. The molecule has 6 aromatic heterocycles. The molecule has 1 saturated carbocycles. The third kappa shape index (κ3) is 8.72. The molecule has 0 bridgehead atoms. The van der Waals surface area contributed by atoms with Crippen LogP contribution >= 0.6 is 0 Å². The average Bonchev–Trinajstić information content (AvgIpc) is 4.06. The van der Waals surface area contributed by atoms with Crippen LogP contribution in [0.3, 0.4) is 0 Å². The molecule has 0 atom stereocenters. The van der Waals surface area contributed by atoms with Crippen molar-refractivity contribution in [2.75, 3.05) is 0 Å². The zero-order chi connectivity index (χ0) is 49.3. The van der Waals surface area contributed by atoms with Crippen LogP contribution < -0.4 is 4.40 Å². The summed E-state index contributed by atoms with van der Waals surface area (Å²) in [5, 5.41) is 4.64. The summed E-state index contributed by atoms with van der Waals surface area (Å²) in [6, 6.07) is 40.9. The molecule has 349 valence electrons. The molecule has 1 aliphatic carbocycles. The smallest absolute Gasteiger partial charge is 0.216 e. The molecular weight excluding hydrogens is 1090 g/mol. The van der Waals surface area contributed by atoms with Crippen molar-refractivity contribution in [2.45, 2.75) is 89.3 Å². The van der Waals surface area contributed by atoms with Crippen LogP contribution in [0.2, 0.25) is 17.3 Å². The number of hydrogen-bond acceptors (Lipinski definition) is 6. The van der Waals surface area contributed by atoms with E-state index in [4.69, 9.17) is 22.9 Å². The average molecular weight is 1150 g/mol. The number of halogens is 1. The Morgan fingerprint density at radius 1 is 0.812 bits per heavy atom. The number of rotatable bonds is 7. The van der Waals surface area contributed by atoms with E-state index in [1.54, 1.807) is 12.1 Å². The molecule has 1 radical (unpaired) electrons. The summed E-state index contributed by atoms with van der Waals surface area (Å²) in [4.78, 5) is 19.5. The quantitative estimate of drug-likeness (QED) is 0.117. The number of benzene rings is 5. The van der Waals surface area contributed by atoms with Crippen LogP contribution in [0.4, 0.5) is 4.39 Å². The van der Waals surface area contributed by atoms with E-state index in [9.17, 15) is 4.39 Å². The first kappa shape index (κ1) is 43.1. The van der Waals surface area contributed by atoms with Crippen LogP contribution in [-0.2, 0) is 26.5 Å². The second-order valence-corrected chi connectivity index (χ2v) is 30.4. The Kier molecular flexibility index (Phi) is 11.7. The summed E-state index contributed by atoms with van der Waals surface area (Å²) < 4.78 is 53.7. The summed E-state index contributed by atoms with van der Waals surface area (Å²) in [5.74, 6) is 8.63. The first-order valence-electron chi connectivity index (χ1n) is 25.3. The summed E-state index contributed by atoms with van der Waals surface area (Å²) in [7, 11) is 0. The molecule has 0 amide bonds. The summed E-state index contributed by atoms with van der Waals surface area (Å²) in [6.45, 7) is 4.20. The molecule has 0 saturated heterocycles. The minimum atomic E-state index is -2.33. The van der Waals surface area contributed by atoms with Gasteiger partial charge >= 0.3 is 130 Å². The van der Waals surface area contributed by atoms with Gasteiger partial charge in [0.1, 0.15) is 11.2 Å². The van der Waals surface area contributed by atoms with E-state index in [-0.39, 0.29) is 31.6 Å². The molecule has 0 spiro atoms. The van der Waals surface area contributed by atoms with Gasteiger partial charge in [-0.1, -0.05) is 54.5 Å². The number of aromatic nitrogens is 5. The molecule has 10 heteroatoms. The Labute approximate surface area is 422 Å². The van der Waals surface area contributed by atoms with E-state index in [1.165, 1.54) is 41.4 Å². The second-order valence-electron chi connectivity index (χ2n) is 19.8. The van der Waals surface area contributed by atoms with Crippen LogP contribution in [-0.4, -0.2) is 37.8 Å². The maximum Gasteiger partial charge on any atom is 0.216 e. The molecule has 0 N–H and O–H groups in total. The van der Waals surface area contributed by atoms with Crippen molar-refractivity contribution in [3.05, 3.63) is 156 Å². The van der Waals surface area contributed by atoms with Gasteiger partial charge in [0, 0.05) is 57.7 Å². The molecule has 69 heavy (non-hydrogen) atoms. The number of nitrogens with zero attached hydrogens (tertiary/aromatic N) is 5. The summed E-state index contributed by atoms with van der Waals surface area (Å²) in [6.07, 6.45) is 9.19. The molecule has 7 nitrogen and oxygen atoms in total. The number of aryl methyl sites for hydroxylation is 2. The molecule has 0 aliphatic heterocycles. The van der Waals surface area contributed by atoms with Crippen LogP contribution in [0, 0.1) is 37.6 Å². The monoisotopic (exact) mass is 1150 g/mol. The number of hydrogen-bond donors (Lipinski definition) is 0. The van der Waals surface area contributed by atoms with Crippen LogP contribution in [0.25, 0.3) is 94.3 Å². The maximum atomic E-state index is 13.0. The number of pyridine rings is 3. The van der Waals surface area contributed by atoms with Crippen LogP contribution in [0.1, 0.15) is 78.5 Å². The van der Waals surface area contributed by atoms with Gasteiger partial charge in [0.25, 0.3) is 0 Å². The fraction of sp³-hybridized carbons (Fsp3) is 0.254. The Hall–Kier alpha value is -6.00. The van der Waals surface area contributed by atoms with Gasteiger partial charge in [-0.2, -0.15) is 0 Å². The first-order chi connectivity index (χ1) is 34.1. The zero-order valence-corrected chi connectivity index (χ0v) is 44.1. The van der Waals surface area contributed by atoms with E-state index in [1.807, 2.05) is 54.7 Å². The summed E-state index contributed by atoms with van der Waals surface area (Å²) >= 11 is -1.93. The first-order valence-corrected chi connectivity index (χ1v) is 31.1. The van der Waals surface area contributed by atoms with Gasteiger partial charge in [0.05, 0.1) is 39.0 Å². The fourth-order valence-electron chi connectivity index (χ4n) is 10.2. The number of imidazole rings is 1. The topological polar surface area (TPSA) is 82.8 Å². The van der Waals surface area contributed by atoms with Gasteiger partial charge in [-0.05, 0) is 80.7 Å². The minimum absolute atomic E-state index is 0. The largest absolute Gasteiger partial charge is 0.486 e. The van der Waals surface area contributed by atoms with Crippen molar-refractivity contribution in [3.63, 3.8) is 0 Å². The molecular formula is C59H54FGeIrN5O2-2. The predicted octanol–water partition coefficient (Wildman–Crippen LogP) is 15.3. The van der Waals surface area contributed by atoms with Gasteiger partial charge in [-0.15, -0.1) is 18.2 Å². The third-order valence-electron chi connectivity index (χ3n) is 13.5. The van der Waals surface area contributed by atoms with Crippen molar-refractivity contribution in [2.24, 2.45) is 5.92 Å². The molecule has 11 aromatic rings. The second kappa shape index (κ2) is 18.7. The molecule has 1 aliphatic rings. The van der Waals surface area contributed by atoms with E-state index < -0.39 is 20.1 Å². The molecule has 1 fully saturated rings. The minimum Gasteiger partial charge on any atom is -0.486 e. The van der Waals surface area contributed by atoms with E-state index in [0.29, 0.717) is 40.0 Å². The number of furan rings is 2. The third-order valence-corrected chi connectivity index (χ3v) is 17.8. The number of para-hydroxylation sites is 1. The molecule has 6 heterocycles. The van der Waals surface area contributed by atoms with Gasteiger partial charge in [-0.3, -0.25) is 9.97 Å². The molecule has 5 aromatic carbocycles. The van der Waals surface area contributed by atoms with Crippen LogP contribution in [0.15, 0.2) is 124 Å². The standard InChI is InChI=1S/C41H31N4O2.C18H23FGeN.Ir/c1-23-15-22-34(36-29-11-6-7-14-35(29)46-38(23)36)45-37-28-17-16-24(2)42-32(28)20-21-33(37)43-40(45)30-13-8-12-26-27-18-19-31(25-9-4-3-5-10-25)44-41(27)47-39(26)30;1-13(2)10-15-11-18(14-6-8-16(19)9-7-14)21-12-17(15)20(3,4)5;/h6-8,11-12,14-22,25H,3-5,9-10H2,1-2H3;6,8-9,11-13H,10H2,1-5H3;/q2*-1;/i2D3;;. The number of fused-ring (bicyclic) bond motifs is 9. The van der Waals surface area contributed by atoms with E-state index >= 15 is 0 Å². The van der Waals surface area contributed by atoms with Crippen molar-refractivity contribution < 1.29 is 37.4 Å². The van der Waals surface area contributed by atoms with Crippen molar-refractivity contribution in [1.29, 1.82) is 0 Å². The Morgan fingerprint density at radius 2 is 1.62 bits per heavy atom. The Bertz CT molecular complexity index is 3830. The fourth-order valence-corrected chi connectivity index (χ4v) is 13.6. The van der Waals surface area contributed by atoms with Gasteiger partial charge in [0.2, 0.25) is 5.71 Å². The zero-order valence-electron chi connectivity index (χ0n) is 42.6. The van der Waals surface area contributed by atoms with Gasteiger partial charge in [0.15, 0.2) is 0 Å². The maximum absolute atomic E-state index is 13.0. The van der Waals surface area contributed by atoms with Crippen LogP contribution in [0.5, 0.6) is 0 Å². The van der Waals surface area contributed by atoms with Gasteiger partial charge < -0.3 is 13.4 Å². The molecule has 12 rings (SSSR count). The Morgan fingerprint density at radius 3 is 2.41 bits per heavy atom. The van der Waals surface area contributed by atoms with Crippen molar-refractivity contribution in [1.82, 2.24) is 24.5 Å². The summed E-state index contributed by atoms with van der Waals surface area (Å²) in [5.41, 5.74) is 11.9. The van der Waals surface area contributed by atoms with Crippen molar-refractivity contribution in [3.8, 4) is 28.3 Å². The SMILES string of the molecule is CC(C)Cc1cc(-c2[c-]cc(F)cc2)nc[c]1[Ge]([CH3])([CH3])[CH3].[2H]C([2H])([2H])c1ccc2c(ccc3nc(-c4[c-]ccc5c4oc4nc(C6CCCCC6)ccc45)n(-c4ccc(C)c5oc6ccccc6c45)c32)n1.[Ir]. The normalized spacial score (nSPS) is 14.3.